The molecular formula is C27H24BrN3O2. The molecular weight excluding hydrogens is 478 g/mol. The van der Waals surface area contributed by atoms with E-state index in [0.29, 0.717) is 30.3 Å². The van der Waals surface area contributed by atoms with Crippen LogP contribution in [-0.4, -0.2) is 46.9 Å². The molecule has 3 aromatic carbocycles. The van der Waals surface area contributed by atoms with Gasteiger partial charge in [-0.2, -0.15) is 0 Å². The first kappa shape index (κ1) is 21.6. The van der Waals surface area contributed by atoms with E-state index in [0.717, 1.165) is 35.2 Å². The number of halogens is 1. The van der Waals surface area contributed by atoms with Crippen molar-refractivity contribution in [1.82, 2.24) is 14.8 Å². The number of piperazine rings is 1. The average Bonchev–Trinajstić information content (AvgIpc) is 3.35. The molecule has 0 N–H and O–H groups in total. The van der Waals surface area contributed by atoms with Crippen LogP contribution in [0.1, 0.15) is 15.9 Å². The van der Waals surface area contributed by atoms with E-state index in [2.05, 4.69) is 50.1 Å². The summed E-state index contributed by atoms with van der Waals surface area (Å²) in [6.45, 7) is 4.03. The van der Waals surface area contributed by atoms with Gasteiger partial charge >= 0.3 is 0 Å². The highest BCUT2D eigenvalue weighted by Crippen LogP contribution is 2.29. The molecule has 2 heterocycles. The Balaban J connectivity index is 1.30. The molecule has 33 heavy (non-hydrogen) atoms. The molecule has 1 aromatic heterocycles. The van der Waals surface area contributed by atoms with Gasteiger partial charge in [0, 0.05) is 48.3 Å². The van der Waals surface area contributed by atoms with Gasteiger partial charge in [-0.25, -0.2) is 4.98 Å². The maximum Gasteiger partial charge on any atom is 0.254 e. The Morgan fingerprint density at radius 3 is 2.33 bits per heavy atom. The molecule has 166 valence electrons. The number of aromatic nitrogens is 1. The van der Waals surface area contributed by atoms with Crippen LogP contribution in [0, 0.1) is 0 Å². The van der Waals surface area contributed by atoms with Gasteiger partial charge in [0.15, 0.2) is 5.76 Å². The summed E-state index contributed by atoms with van der Waals surface area (Å²) in [4.78, 5) is 22.2. The molecule has 1 saturated heterocycles. The molecule has 0 unspecified atom stereocenters. The van der Waals surface area contributed by atoms with Crippen LogP contribution in [0.15, 0.2) is 93.9 Å². The molecule has 4 aromatic rings. The number of benzene rings is 3. The van der Waals surface area contributed by atoms with Gasteiger partial charge in [-0.3, -0.25) is 9.69 Å². The van der Waals surface area contributed by atoms with Crippen molar-refractivity contribution in [2.75, 3.05) is 26.2 Å². The summed E-state index contributed by atoms with van der Waals surface area (Å²) in [5.74, 6) is 1.15. The minimum Gasteiger partial charge on any atom is -0.436 e. The Hall–Kier alpha value is -3.22. The van der Waals surface area contributed by atoms with Crippen LogP contribution in [0.5, 0.6) is 0 Å². The smallest absolute Gasteiger partial charge is 0.254 e. The molecule has 0 aliphatic carbocycles. The van der Waals surface area contributed by atoms with Crippen LogP contribution < -0.4 is 0 Å². The third-order valence-corrected chi connectivity index (χ3v) is 6.46. The van der Waals surface area contributed by atoms with Crippen molar-refractivity contribution in [3.8, 4) is 22.8 Å². The third kappa shape index (κ3) is 4.92. The second kappa shape index (κ2) is 9.73. The van der Waals surface area contributed by atoms with Crippen molar-refractivity contribution in [1.29, 1.82) is 0 Å². The summed E-state index contributed by atoms with van der Waals surface area (Å²) in [5.41, 5.74) is 3.58. The molecule has 5 rings (SSSR count). The molecule has 0 radical (unpaired) electrons. The van der Waals surface area contributed by atoms with Crippen LogP contribution in [-0.2, 0) is 6.54 Å². The second-order valence-electron chi connectivity index (χ2n) is 8.14. The van der Waals surface area contributed by atoms with Crippen molar-refractivity contribution in [2.45, 2.75) is 6.54 Å². The minimum atomic E-state index is 0.0216. The van der Waals surface area contributed by atoms with Crippen molar-refractivity contribution < 1.29 is 9.21 Å². The summed E-state index contributed by atoms with van der Waals surface area (Å²) in [6, 6.07) is 25.9. The van der Waals surface area contributed by atoms with E-state index in [-0.39, 0.29) is 5.91 Å². The summed E-state index contributed by atoms with van der Waals surface area (Å²) in [6.07, 6.45) is 1.71. The van der Waals surface area contributed by atoms with Crippen molar-refractivity contribution in [2.24, 2.45) is 0 Å². The molecule has 1 aliphatic rings. The van der Waals surface area contributed by atoms with Gasteiger partial charge in [0.2, 0.25) is 5.89 Å². The highest BCUT2D eigenvalue weighted by atomic mass is 79.9. The molecule has 6 heteroatoms. The average molecular weight is 502 g/mol. The Morgan fingerprint density at radius 1 is 0.879 bits per heavy atom. The number of carbonyl (C=O) groups is 1. The van der Waals surface area contributed by atoms with Crippen molar-refractivity contribution in [3.05, 3.63) is 101 Å². The third-order valence-electron chi connectivity index (χ3n) is 5.93. The zero-order valence-corrected chi connectivity index (χ0v) is 19.7. The van der Waals surface area contributed by atoms with E-state index < -0.39 is 0 Å². The standard InChI is InChI=1S/C27H24BrN3O2/c28-22-12-10-21(11-13-22)25-18-29-26(33-25)23-8-4-5-9-24(23)27(32)31-16-14-30(15-17-31)19-20-6-2-1-3-7-20/h1-13,18H,14-17,19H2. The lowest BCUT2D eigenvalue weighted by Gasteiger charge is -2.35. The summed E-state index contributed by atoms with van der Waals surface area (Å²) < 4.78 is 7.06. The number of oxazole rings is 1. The normalized spacial score (nSPS) is 14.4. The van der Waals surface area contributed by atoms with Gasteiger partial charge in [-0.05, 0) is 29.8 Å². The Bertz CT molecular complexity index is 1230. The van der Waals surface area contributed by atoms with Crippen LogP contribution in [0.2, 0.25) is 0 Å². The van der Waals surface area contributed by atoms with Crippen LogP contribution in [0.4, 0.5) is 0 Å². The second-order valence-corrected chi connectivity index (χ2v) is 9.05. The van der Waals surface area contributed by atoms with E-state index in [4.69, 9.17) is 4.42 Å². The molecule has 5 nitrogen and oxygen atoms in total. The predicted molar refractivity (Wildman–Crippen MR) is 133 cm³/mol. The first-order chi connectivity index (χ1) is 16.2. The number of hydrogen-bond donors (Lipinski definition) is 0. The lowest BCUT2D eigenvalue weighted by molar-refractivity contribution is 0.0629. The van der Waals surface area contributed by atoms with Crippen LogP contribution in [0.25, 0.3) is 22.8 Å². The largest absolute Gasteiger partial charge is 0.436 e. The Morgan fingerprint density at radius 2 is 1.58 bits per heavy atom. The Kier molecular flexibility index (Phi) is 6.37. The Labute approximate surface area is 201 Å². The van der Waals surface area contributed by atoms with E-state index >= 15 is 0 Å². The van der Waals surface area contributed by atoms with Gasteiger partial charge in [-0.1, -0.05) is 70.5 Å². The zero-order valence-electron chi connectivity index (χ0n) is 18.2. The van der Waals surface area contributed by atoms with E-state index in [1.54, 1.807) is 6.20 Å². The topological polar surface area (TPSA) is 49.6 Å². The fourth-order valence-corrected chi connectivity index (χ4v) is 4.39. The van der Waals surface area contributed by atoms with Crippen molar-refractivity contribution in [3.63, 3.8) is 0 Å². The van der Waals surface area contributed by atoms with Crippen LogP contribution >= 0.6 is 15.9 Å². The van der Waals surface area contributed by atoms with E-state index in [1.807, 2.05) is 59.5 Å². The number of rotatable bonds is 5. The lowest BCUT2D eigenvalue weighted by atomic mass is 10.1. The summed E-state index contributed by atoms with van der Waals surface area (Å²) in [7, 11) is 0. The molecule has 1 fully saturated rings. The van der Waals surface area contributed by atoms with Gasteiger partial charge in [0.1, 0.15) is 0 Å². The minimum absolute atomic E-state index is 0.0216. The molecule has 0 atom stereocenters. The quantitative estimate of drug-likeness (QED) is 0.350. The summed E-state index contributed by atoms with van der Waals surface area (Å²) in [5, 5.41) is 0. The van der Waals surface area contributed by atoms with E-state index in [9.17, 15) is 4.79 Å². The van der Waals surface area contributed by atoms with Gasteiger partial charge in [0.05, 0.1) is 11.8 Å². The molecule has 0 saturated carbocycles. The first-order valence-electron chi connectivity index (χ1n) is 11.0. The first-order valence-corrected chi connectivity index (χ1v) is 11.8. The van der Waals surface area contributed by atoms with Crippen LogP contribution in [0.3, 0.4) is 0 Å². The van der Waals surface area contributed by atoms with Gasteiger partial charge < -0.3 is 9.32 Å². The maximum atomic E-state index is 13.4. The zero-order chi connectivity index (χ0) is 22.6. The predicted octanol–water partition coefficient (Wildman–Crippen LogP) is 5.73. The number of nitrogens with zero attached hydrogens (tertiary/aromatic N) is 3. The fourth-order valence-electron chi connectivity index (χ4n) is 4.12. The molecule has 1 aliphatic heterocycles. The van der Waals surface area contributed by atoms with E-state index in [1.165, 1.54) is 5.56 Å². The monoisotopic (exact) mass is 501 g/mol. The molecule has 0 spiro atoms. The van der Waals surface area contributed by atoms with Gasteiger partial charge in [0.25, 0.3) is 5.91 Å². The highest BCUT2D eigenvalue weighted by Gasteiger charge is 2.25. The SMILES string of the molecule is O=C(c1ccccc1-c1ncc(-c2ccc(Br)cc2)o1)N1CCN(Cc2ccccc2)CC1. The van der Waals surface area contributed by atoms with Crippen molar-refractivity contribution >= 4 is 21.8 Å². The highest BCUT2D eigenvalue weighted by molar-refractivity contribution is 9.10. The molecule has 1 amide bonds. The fraction of sp³-hybridized carbons (Fsp3) is 0.185. The lowest BCUT2D eigenvalue weighted by Crippen LogP contribution is -2.48. The number of amides is 1. The maximum absolute atomic E-state index is 13.4. The number of carbonyl (C=O) groups excluding carboxylic acids is 1. The summed E-state index contributed by atoms with van der Waals surface area (Å²) >= 11 is 3.45. The van der Waals surface area contributed by atoms with Gasteiger partial charge in [-0.15, -0.1) is 0 Å². The number of hydrogen-bond acceptors (Lipinski definition) is 4. The molecule has 0 bridgehead atoms.